The zero-order valence-corrected chi connectivity index (χ0v) is 11.5. The Hall–Kier alpha value is -0.700. The predicted octanol–water partition coefficient (Wildman–Crippen LogP) is -0.372. The Morgan fingerprint density at radius 1 is 1.05 bits per heavy atom. The number of hydrogen-bond donors (Lipinski definition) is 4. The molecule has 0 aliphatic carbocycles. The minimum Gasteiger partial charge on any atom is -0.462 e. The summed E-state index contributed by atoms with van der Waals surface area (Å²) >= 11 is 3.28. The van der Waals surface area contributed by atoms with E-state index in [4.69, 9.17) is 14.6 Å². The number of benzene rings is 1. The van der Waals surface area contributed by atoms with Gasteiger partial charge in [0.25, 0.3) is 0 Å². The van der Waals surface area contributed by atoms with Crippen LogP contribution in [-0.4, -0.2) is 57.7 Å². The number of aliphatic hydroxyl groups excluding tert-OH is 4. The van der Waals surface area contributed by atoms with Gasteiger partial charge in [-0.3, -0.25) is 0 Å². The van der Waals surface area contributed by atoms with E-state index in [2.05, 4.69) is 15.9 Å². The van der Waals surface area contributed by atoms with Crippen LogP contribution in [0.25, 0.3) is 0 Å². The summed E-state index contributed by atoms with van der Waals surface area (Å²) in [5, 5.41) is 38.1. The summed E-state index contributed by atoms with van der Waals surface area (Å²) < 4.78 is 11.5. The molecular formula is C12H15BrO6. The topological polar surface area (TPSA) is 99.4 Å². The first-order valence-electron chi connectivity index (χ1n) is 5.75. The van der Waals surface area contributed by atoms with E-state index in [9.17, 15) is 15.3 Å². The zero-order chi connectivity index (χ0) is 14.0. The van der Waals surface area contributed by atoms with Crippen molar-refractivity contribution in [3.8, 4) is 5.75 Å². The van der Waals surface area contributed by atoms with Crippen molar-refractivity contribution >= 4 is 15.9 Å². The first kappa shape index (κ1) is 14.7. The quantitative estimate of drug-likeness (QED) is 0.602. The van der Waals surface area contributed by atoms with Gasteiger partial charge in [-0.15, -0.1) is 0 Å². The van der Waals surface area contributed by atoms with Gasteiger partial charge in [0.05, 0.1) is 6.61 Å². The molecule has 0 spiro atoms. The minimum absolute atomic E-state index is 0.438. The van der Waals surface area contributed by atoms with Gasteiger partial charge in [0, 0.05) is 4.47 Å². The van der Waals surface area contributed by atoms with Crippen molar-refractivity contribution in [3.63, 3.8) is 0 Å². The highest BCUT2D eigenvalue weighted by atomic mass is 79.9. The van der Waals surface area contributed by atoms with E-state index < -0.39 is 37.3 Å². The Balaban J connectivity index is 2.08. The maximum Gasteiger partial charge on any atom is 0.229 e. The van der Waals surface area contributed by atoms with Crippen LogP contribution in [0, 0.1) is 0 Å². The molecule has 0 saturated carbocycles. The summed E-state index contributed by atoms with van der Waals surface area (Å²) in [6.07, 6.45) is -6.35. The smallest absolute Gasteiger partial charge is 0.229 e. The van der Waals surface area contributed by atoms with Gasteiger partial charge in [-0.2, -0.15) is 0 Å². The Morgan fingerprint density at radius 2 is 1.68 bits per heavy atom. The van der Waals surface area contributed by atoms with E-state index in [1.54, 1.807) is 24.3 Å². The molecule has 106 valence electrons. The van der Waals surface area contributed by atoms with E-state index in [0.29, 0.717) is 5.75 Å². The SMILES string of the molecule is OC[C@@H]1O[C@@H](Oc2ccc(Br)cc2)[C@@H](O)[C@H](O)[C@H]1O. The number of hydrogen-bond acceptors (Lipinski definition) is 6. The predicted molar refractivity (Wildman–Crippen MR) is 68.5 cm³/mol. The maximum atomic E-state index is 9.79. The number of halogens is 1. The van der Waals surface area contributed by atoms with Gasteiger partial charge in [-0.1, -0.05) is 15.9 Å². The third-order valence-electron chi connectivity index (χ3n) is 2.91. The molecule has 0 aromatic heterocycles. The van der Waals surface area contributed by atoms with Crippen LogP contribution in [0.1, 0.15) is 0 Å². The highest BCUT2D eigenvalue weighted by Crippen LogP contribution is 2.25. The van der Waals surface area contributed by atoms with E-state index in [-0.39, 0.29) is 0 Å². The molecule has 1 heterocycles. The lowest BCUT2D eigenvalue weighted by Crippen LogP contribution is -2.60. The highest BCUT2D eigenvalue weighted by Gasteiger charge is 2.44. The van der Waals surface area contributed by atoms with Gasteiger partial charge in [-0.05, 0) is 24.3 Å². The van der Waals surface area contributed by atoms with Crippen molar-refractivity contribution in [2.75, 3.05) is 6.61 Å². The standard InChI is InChI=1S/C12H15BrO6/c13-6-1-3-7(4-2-6)18-12-11(17)10(16)9(15)8(5-14)19-12/h1-4,8-12,14-17H,5H2/t8-,9-,10+,11-,12+/m0/s1. The first-order chi connectivity index (χ1) is 9.02. The summed E-state index contributed by atoms with van der Waals surface area (Å²) in [7, 11) is 0. The summed E-state index contributed by atoms with van der Waals surface area (Å²) in [6.45, 7) is -0.481. The molecule has 1 aromatic rings. The molecule has 6 nitrogen and oxygen atoms in total. The van der Waals surface area contributed by atoms with Gasteiger partial charge in [0.15, 0.2) is 0 Å². The fraction of sp³-hybridized carbons (Fsp3) is 0.500. The van der Waals surface area contributed by atoms with Crippen molar-refractivity contribution < 1.29 is 29.9 Å². The second-order valence-corrected chi connectivity index (χ2v) is 5.18. The van der Waals surface area contributed by atoms with Crippen LogP contribution in [-0.2, 0) is 4.74 Å². The van der Waals surface area contributed by atoms with Crippen molar-refractivity contribution in [3.05, 3.63) is 28.7 Å². The van der Waals surface area contributed by atoms with Crippen molar-refractivity contribution in [1.29, 1.82) is 0 Å². The fourth-order valence-corrected chi connectivity index (χ4v) is 2.08. The Kier molecular flexibility index (Phi) is 4.77. The molecule has 1 aromatic carbocycles. The molecule has 0 amide bonds. The van der Waals surface area contributed by atoms with Crippen LogP contribution in [0.2, 0.25) is 0 Å². The molecule has 1 fully saturated rings. The molecule has 7 heteroatoms. The second kappa shape index (κ2) is 6.17. The van der Waals surface area contributed by atoms with Crippen molar-refractivity contribution in [2.45, 2.75) is 30.7 Å². The third-order valence-corrected chi connectivity index (χ3v) is 3.44. The van der Waals surface area contributed by atoms with Gasteiger partial charge >= 0.3 is 0 Å². The van der Waals surface area contributed by atoms with Crippen LogP contribution in [0.5, 0.6) is 5.75 Å². The fourth-order valence-electron chi connectivity index (χ4n) is 1.81. The van der Waals surface area contributed by atoms with Crippen LogP contribution in [0.4, 0.5) is 0 Å². The largest absolute Gasteiger partial charge is 0.462 e. The lowest BCUT2D eigenvalue weighted by atomic mass is 9.99. The molecular weight excluding hydrogens is 320 g/mol. The monoisotopic (exact) mass is 334 g/mol. The Morgan fingerprint density at radius 3 is 2.26 bits per heavy atom. The maximum absolute atomic E-state index is 9.79. The lowest BCUT2D eigenvalue weighted by molar-refractivity contribution is -0.277. The van der Waals surface area contributed by atoms with Crippen LogP contribution in [0.15, 0.2) is 28.7 Å². The third kappa shape index (κ3) is 3.25. The summed E-state index contributed by atoms with van der Waals surface area (Å²) in [6, 6.07) is 6.82. The molecule has 0 bridgehead atoms. The molecule has 0 radical (unpaired) electrons. The molecule has 1 saturated heterocycles. The van der Waals surface area contributed by atoms with Crippen LogP contribution < -0.4 is 4.74 Å². The van der Waals surface area contributed by atoms with E-state index in [0.717, 1.165) is 4.47 Å². The van der Waals surface area contributed by atoms with Crippen molar-refractivity contribution in [2.24, 2.45) is 0 Å². The summed E-state index contributed by atoms with van der Waals surface area (Å²) in [5.74, 6) is 0.438. The van der Waals surface area contributed by atoms with Crippen LogP contribution in [0.3, 0.4) is 0 Å². The van der Waals surface area contributed by atoms with Gasteiger partial charge in [0.1, 0.15) is 30.2 Å². The Bertz CT molecular complexity index is 409. The zero-order valence-electron chi connectivity index (χ0n) is 9.89. The second-order valence-electron chi connectivity index (χ2n) is 4.27. The highest BCUT2D eigenvalue weighted by molar-refractivity contribution is 9.10. The van der Waals surface area contributed by atoms with Crippen LogP contribution >= 0.6 is 15.9 Å². The molecule has 2 rings (SSSR count). The van der Waals surface area contributed by atoms with Gasteiger partial charge < -0.3 is 29.9 Å². The van der Waals surface area contributed by atoms with E-state index in [1.807, 2.05) is 0 Å². The average Bonchev–Trinajstić information content (AvgIpc) is 2.42. The van der Waals surface area contributed by atoms with Gasteiger partial charge in [0.2, 0.25) is 6.29 Å². The number of aliphatic hydroxyl groups is 4. The normalized spacial score (nSPS) is 35.1. The molecule has 19 heavy (non-hydrogen) atoms. The molecule has 1 aliphatic rings. The van der Waals surface area contributed by atoms with E-state index in [1.165, 1.54) is 0 Å². The summed E-state index contributed by atoms with van der Waals surface area (Å²) in [5.41, 5.74) is 0. The Labute approximate surface area is 118 Å². The molecule has 0 unspecified atom stereocenters. The molecule has 1 aliphatic heterocycles. The molecule has 5 atom stereocenters. The lowest BCUT2D eigenvalue weighted by Gasteiger charge is -2.39. The van der Waals surface area contributed by atoms with E-state index >= 15 is 0 Å². The molecule has 4 N–H and O–H groups in total. The number of rotatable bonds is 3. The van der Waals surface area contributed by atoms with Crippen molar-refractivity contribution in [1.82, 2.24) is 0 Å². The minimum atomic E-state index is -1.44. The first-order valence-corrected chi connectivity index (χ1v) is 6.55. The average molecular weight is 335 g/mol. The van der Waals surface area contributed by atoms with Gasteiger partial charge in [-0.25, -0.2) is 0 Å². The summed E-state index contributed by atoms with van der Waals surface area (Å²) in [4.78, 5) is 0. The number of ether oxygens (including phenoxy) is 2.